The van der Waals surface area contributed by atoms with E-state index in [0.717, 1.165) is 26.9 Å². The van der Waals surface area contributed by atoms with E-state index in [-0.39, 0.29) is 0 Å². The van der Waals surface area contributed by atoms with E-state index in [1.165, 1.54) is 0 Å². The molecule has 1 atom stereocenters. The number of benzene rings is 2. The number of aryl methyl sites for hydroxylation is 1. The Hall–Kier alpha value is -1.32. The molecule has 1 N–H and O–H groups in total. The second-order valence-electron chi connectivity index (χ2n) is 4.20. The summed E-state index contributed by atoms with van der Waals surface area (Å²) in [5, 5.41) is 10.4. The smallest absolute Gasteiger partial charge is 0.119 e. The molecule has 2 aromatic rings. The van der Waals surface area contributed by atoms with E-state index in [0.29, 0.717) is 0 Å². The zero-order chi connectivity index (χ0) is 13.1. The number of hydrogen-bond acceptors (Lipinski definition) is 2. The first-order valence-electron chi connectivity index (χ1n) is 5.70. The van der Waals surface area contributed by atoms with Crippen molar-refractivity contribution >= 4 is 15.9 Å². The molecule has 1 unspecified atom stereocenters. The Balaban J connectivity index is 2.41. The van der Waals surface area contributed by atoms with E-state index in [4.69, 9.17) is 4.74 Å². The number of ether oxygens (including phenoxy) is 1. The summed E-state index contributed by atoms with van der Waals surface area (Å²) < 4.78 is 6.06. The van der Waals surface area contributed by atoms with Crippen molar-refractivity contribution in [2.75, 3.05) is 7.11 Å². The number of aliphatic hydroxyl groups excluding tert-OH is 1. The molecule has 2 nitrogen and oxygen atoms in total. The molecule has 3 heteroatoms. The van der Waals surface area contributed by atoms with Gasteiger partial charge < -0.3 is 9.84 Å². The van der Waals surface area contributed by atoms with Crippen LogP contribution in [0.4, 0.5) is 0 Å². The number of aliphatic hydroxyl groups is 1. The van der Waals surface area contributed by atoms with Crippen molar-refractivity contribution in [3.05, 3.63) is 63.6 Å². The number of rotatable bonds is 3. The molecule has 94 valence electrons. The summed E-state index contributed by atoms with van der Waals surface area (Å²) in [4.78, 5) is 0. The fourth-order valence-corrected chi connectivity index (χ4v) is 2.34. The van der Waals surface area contributed by atoms with Crippen molar-refractivity contribution in [3.8, 4) is 5.75 Å². The summed E-state index contributed by atoms with van der Waals surface area (Å²) in [6, 6.07) is 13.4. The maximum atomic E-state index is 10.4. The van der Waals surface area contributed by atoms with E-state index in [1.807, 2.05) is 49.4 Å². The lowest BCUT2D eigenvalue weighted by atomic mass is 10.00. The quantitative estimate of drug-likeness (QED) is 0.933. The van der Waals surface area contributed by atoms with Gasteiger partial charge in [0.05, 0.1) is 7.11 Å². The minimum Gasteiger partial charge on any atom is -0.497 e. The molecule has 0 aromatic heterocycles. The predicted molar refractivity (Wildman–Crippen MR) is 75.9 cm³/mol. The monoisotopic (exact) mass is 306 g/mol. The molecule has 0 saturated carbocycles. The highest BCUT2D eigenvalue weighted by molar-refractivity contribution is 9.10. The van der Waals surface area contributed by atoms with Crippen molar-refractivity contribution in [3.63, 3.8) is 0 Å². The highest BCUT2D eigenvalue weighted by Gasteiger charge is 2.14. The molecule has 2 aromatic carbocycles. The van der Waals surface area contributed by atoms with Gasteiger partial charge in [-0.1, -0.05) is 45.8 Å². The second kappa shape index (κ2) is 5.55. The maximum absolute atomic E-state index is 10.4. The van der Waals surface area contributed by atoms with Gasteiger partial charge in [0.15, 0.2) is 0 Å². The predicted octanol–water partition coefficient (Wildman–Crippen LogP) is 3.85. The van der Waals surface area contributed by atoms with E-state index < -0.39 is 6.10 Å². The Labute approximate surface area is 115 Å². The average Bonchev–Trinajstić information content (AvgIpc) is 2.38. The minimum absolute atomic E-state index is 0.658. The molecular formula is C15H15BrO2. The van der Waals surface area contributed by atoms with Crippen LogP contribution in [0.1, 0.15) is 22.8 Å². The van der Waals surface area contributed by atoms with Crippen molar-refractivity contribution in [2.45, 2.75) is 13.0 Å². The second-order valence-corrected chi connectivity index (χ2v) is 5.06. The van der Waals surface area contributed by atoms with Crippen LogP contribution in [-0.2, 0) is 0 Å². The van der Waals surface area contributed by atoms with Gasteiger partial charge in [-0.05, 0) is 30.7 Å². The normalized spacial score (nSPS) is 12.2. The summed E-state index contributed by atoms with van der Waals surface area (Å²) in [6.45, 7) is 2.01. The third-order valence-electron chi connectivity index (χ3n) is 2.86. The lowest BCUT2D eigenvalue weighted by molar-refractivity contribution is 0.219. The van der Waals surface area contributed by atoms with Gasteiger partial charge in [0.1, 0.15) is 11.9 Å². The maximum Gasteiger partial charge on any atom is 0.119 e. The van der Waals surface area contributed by atoms with Crippen LogP contribution in [0.3, 0.4) is 0 Å². The summed E-state index contributed by atoms with van der Waals surface area (Å²) >= 11 is 3.46. The topological polar surface area (TPSA) is 29.5 Å². The summed E-state index contributed by atoms with van der Waals surface area (Å²) in [7, 11) is 1.62. The Morgan fingerprint density at radius 3 is 2.61 bits per heavy atom. The number of hydrogen-bond donors (Lipinski definition) is 1. The standard InChI is InChI=1S/C15H15BrO2/c1-10-4-3-5-11(8-10)15(17)13-9-12(18-2)6-7-14(13)16/h3-9,15,17H,1-2H3. The van der Waals surface area contributed by atoms with Gasteiger partial charge in [0.25, 0.3) is 0 Å². The van der Waals surface area contributed by atoms with Crippen molar-refractivity contribution in [1.29, 1.82) is 0 Å². The van der Waals surface area contributed by atoms with E-state index in [9.17, 15) is 5.11 Å². The van der Waals surface area contributed by atoms with Crippen LogP contribution in [0.2, 0.25) is 0 Å². The fourth-order valence-electron chi connectivity index (χ4n) is 1.88. The first-order chi connectivity index (χ1) is 8.61. The summed E-state index contributed by atoms with van der Waals surface area (Å²) in [5.74, 6) is 0.736. The van der Waals surface area contributed by atoms with Gasteiger partial charge in [-0.25, -0.2) is 0 Å². The molecule has 0 heterocycles. The highest BCUT2D eigenvalue weighted by atomic mass is 79.9. The lowest BCUT2D eigenvalue weighted by Crippen LogP contribution is -2.01. The van der Waals surface area contributed by atoms with Crippen LogP contribution in [0.5, 0.6) is 5.75 Å². The molecule has 0 aliphatic carbocycles. The Bertz CT molecular complexity index is 552. The molecule has 2 rings (SSSR count). The van der Waals surface area contributed by atoms with E-state index >= 15 is 0 Å². The third kappa shape index (κ3) is 2.74. The molecule has 0 fully saturated rings. The van der Waals surface area contributed by atoms with Crippen LogP contribution in [0, 0.1) is 6.92 Å². The van der Waals surface area contributed by atoms with Gasteiger partial charge in [-0.3, -0.25) is 0 Å². The van der Waals surface area contributed by atoms with Gasteiger partial charge in [0, 0.05) is 10.0 Å². The summed E-state index contributed by atoms with van der Waals surface area (Å²) in [5.41, 5.74) is 2.81. The molecule has 0 amide bonds. The third-order valence-corrected chi connectivity index (χ3v) is 3.58. The fraction of sp³-hybridized carbons (Fsp3) is 0.200. The largest absolute Gasteiger partial charge is 0.497 e. The minimum atomic E-state index is -0.658. The van der Waals surface area contributed by atoms with E-state index in [1.54, 1.807) is 7.11 Å². The first-order valence-corrected chi connectivity index (χ1v) is 6.49. The van der Waals surface area contributed by atoms with Gasteiger partial charge >= 0.3 is 0 Å². The average molecular weight is 307 g/mol. The van der Waals surface area contributed by atoms with Crippen LogP contribution < -0.4 is 4.74 Å². The molecule has 0 aliphatic rings. The van der Waals surface area contributed by atoms with Gasteiger partial charge in [-0.2, -0.15) is 0 Å². The van der Waals surface area contributed by atoms with Crippen molar-refractivity contribution < 1.29 is 9.84 Å². The van der Waals surface area contributed by atoms with Crippen molar-refractivity contribution in [2.24, 2.45) is 0 Å². The van der Waals surface area contributed by atoms with Crippen molar-refractivity contribution in [1.82, 2.24) is 0 Å². The Kier molecular flexibility index (Phi) is 4.04. The van der Waals surface area contributed by atoms with Crippen LogP contribution in [0.15, 0.2) is 46.9 Å². The van der Waals surface area contributed by atoms with Crippen LogP contribution in [-0.4, -0.2) is 12.2 Å². The van der Waals surface area contributed by atoms with Crippen LogP contribution in [0.25, 0.3) is 0 Å². The zero-order valence-electron chi connectivity index (χ0n) is 10.4. The molecule has 0 radical (unpaired) electrons. The van der Waals surface area contributed by atoms with Crippen LogP contribution >= 0.6 is 15.9 Å². The molecule has 0 aliphatic heterocycles. The summed E-state index contributed by atoms with van der Waals surface area (Å²) in [6.07, 6.45) is -0.658. The van der Waals surface area contributed by atoms with Gasteiger partial charge in [-0.15, -0.1) is 0 Å². The number of halogens is 1. The zero-order valence-corrected chi connectivity index (χ0v) is 11.9. The number of methoxy groups -OCH3 is 1. The molecule has 18 heavy (non-hydrogen) atoms. The van der Waals surface area contributed by atoms with E-state index in [2.05, 4.69) is 15.9 Å². The molecule has 0 bridgehead atoms. The Morgan fingerprint density at radius 2 is 1.94 bits per heavy atom. The first kappa shape index (κ1) is 13.1. The SMILES string of the molecule is COc1ccc(Br)c(C(O)c2cccc(C)c2)c1. The molecular weight excluding hydrogens is 292 g/mol. The lowest BCUT2D eigenvalue weighted by Gasteiger charge is -2.15. The van der Waals surface area contributed by atoms with Gasteiger partial charge in [0.2, 0.25) is 0 Å². The molecule has 0 spiro atoms. The highest BCUT2D eigenvalue weighted by Crippen LogP contribution is 2.31. The molecule has 0 saturated heterocycles. The Morgan fingerprint density at radius 1 is 1.17 bits per heavy atom.